The zero-order valence-electron chi connectivity index (χ0n) is 14.9. The minimum Gasteiger partial charge on any atom is -0.493 e. The van der Waals surface area contributed by atoms with E-state index in [1.165, 1.54) is 7.11 Å². The van der Waals surface area contributed by atoms with Crippen LogP contribution in [0.2, 0.25) is 0 Å². The summed E-state index contributed by atoms with van der Waals surface area (Å²) in [6.45, 7) is 2.36. The first-order valence-electron chi connectivity index (χ1n) is 8.26. The molecule has 1 heterocycles. The molecule has 0 N–H and O–H groups in total. The van der Waals surface area contributed by atoms with Crippen molar-refractivity contribution in [2.45, 2.75) is 12.8 Å². The van der Waals surface area contributed by atoms with E-state index in [1.54, 1.807) is 29.8 Å². The number of nitrogens with zero attached hydrogens (tertiary/aromatic N) is 3. The van der Waals surface area contributed by atoms with E-state index in [4.69, 9.17) is 9.47 Å². The van der Waals surface area contributed by atoms with Gasteiger partial charge in [-0.3, -0.25) is 4.79 Å². The third-order valence-electron chi connectivity index (χ3n) is 4.22. The summed E-state index contributed by atoms with van der Waals surface area (Å²) in [4.78, 5) is 17.5. The van der Waals surface area contributed by atoms with E-state index in [2.05, 4.69) is 11.1 Å². The highest BCUT2D eigenvalue weighted by atomic mass is 16.5. The molecule has 132 valence electrons. The van der Waals surface area contributed by atoms with Crippen molar-refractivity contribution in [2.75, 3.05) is 13.7 Å². The molecule has 0 aliphatic rings. The van der Waals surface area contributed by atoms with E-state index in [1.807, 2.05) is 31.2 Å². The number of para-hydroxylation sites is 2. The smallest absolute Gasteiger partial charge is 0.187 e. The molecule has 1 unspecified atom stereocenters. The van der Waals surface area contributed by atoms with Crippen LogP contribution in [-0.4, -0.2) is 29.1 Å². The number of rotatable bonds is 6. The van der Waals surface area contributed by atoms with Gasteiger partial charge >= 0.3 is 0 Å². The molecule has 0 spiro atoms. The number of aromatic nitrogens is 2. The Morgan fingerprint density at radius 3 is 2.69 bits per heavy atom. The standard InChI is InChI=1S/C20H19N3O3/c1-4-26-17-10-9-13(11-18(17)25-3)19(24)14(12-21)20-22-15-7-5-6-8-16(15)23(20)2/h5-11,14H,4H2,1-3H3. The van der Waals surface area contributed by atoms with E-state index in [0.29, 0.717) is 29.5 Å². The number of carbonyl (C=O) groups excluding carboxylic acids is 1. The fourth-order valence-corrected chi connectivity index (χ4v) is 2.92. The maximum atomic E-state index is 13.0. The average Bonchev–Trinajstić information content (AvgIpc) is 3.00. The van der Waals surface area contributed by atoms with Gasteiger partial charge in [0, 0.05) is 12.6 Å². The lowest BCUT2D eigenvalue weighted by Crippen LogP contribution is -2.15. The van der Waals surface area contributed by atoms with Crippen molar-refractivity contribution in [1.29, 1.82) is 5.26 Å². The Kier molecular flexibility index (Phi) is 4.90. The summed E-state index contributed by atoms with van der Waals surface area (Å²) in [6.07, 6.45) is 0. The summed E-state index contributed by atoms with van der Waals surface area (Å²) in [5, 5.41) is 9.65. The van der Waals surface area contributed by atoms with Crippen LogP contribution in [0.15, 0.2) is 42.5 Å². The van der Waals surface area contributed by atoms with Crippen LogP contribution in [-0.2, 0) is 7.05 Å². The third-order valence-corrected chi connectivity index (χ3v) is 4.22. The molecule has 0 saturated heterocycles. The van der Waals surface area contributed by atoms with Crippen molar-refractivity contribution >= 4 is 16.8 Å². The maximum Gasteiger partial charge on any atom is 0.187 e. The average molecular weight is 349 g/mol. The molecule has 0 fully saturated rings. The van der Waals surface area contributed by atoms with Gasteiger partial charge < -0.3 is 14.0 Å². The summed E-state index contributed by atoms with van der Waals surface area (Å²) < 4.78 is 12.6. The van der Waals surface area contributed by atoms with Gasteiger partial charge in [-0.05, 0) is 37.3 Å². The second kappa shape index (κ2) is 7.28. The molecule has 0 bridgehead atoms. The molecule has 6 heteroatoms. The number of ether oxygens (including phenoxy) is 2. The van der Waals surface area contributed by atoms with Gasteiger partial charge in [-0.25, -0.2) is 4.98 Å². The highest BCUT2D eigenvalue weighted by Crippen LogP contribution is 2.31. The normalized spacial score (nSPS) is 11.8. The second-order valence-electron chi connectivity index (χ2n) is 5.74. The Balaban J connectivity index is 2.01. The second-order valence-corrected chi connectivity index (χ2v) is 5.74. The minimum atomic E-state index is -1.00. The van der Waals surface area contributed by atoms with Crippen molar-refractivity contribution in [1.82, 2.24) is 9.55 Å². The highest BCUT2D eigenvalue weighted by molar-refractivity contribution is 6.03. The number of aryl methyl sites for hydroxylation is 1. The molecule has 0 amide bonds. The molecule has 0 aliphatic carbocycles. The molecule has 0 radical (unpaired) electrons. The van der Waals surface area contributed by atoms with Gasteiger partial charge in [0.2, 0.25) is 0 Å². The number of nitriles is 1. The SMILES string of the molecule is CCOc1ccc(C(=O)C(C#N)c2nc3ccccc3n2C)cc1OC. The first kappa shape index (κ1) is 17.5. The Morgan fingerprint density at radius 1 is 1.27 bits per heavy atom. The summed E-state index contributed by atoms with van der Waals surface area (Å²) >= 11 is 0. The molecule has 0 aliphatic heterocycles. The van der Waals surface area contributed by atoms with E-state index in [9.17, 15) is 10.1 Å². The van der Waals surface area contributed by atoms with Crippen molar-refractivity contribution in [2.24, 2.45) is 7.05 Å². The topological polar surface area (TPSA) is 77.1 Å². The van der Waals surface area contributed by atoms with Crippen LogP contribution in [0.25, 0.3) is 11.0 Å². The summed E-state index contributed by atoms with van der Waals surface area (Å²) in [5.74, 6) is 0.107. The van der Waals surface area contributed by atoms with E-state index in [-0.39, 0.29) is 5.78 Å². The number of imidazole rings is 1. The lowest BCUT2D eigenvalue weighted by molar-refractivity contribution is 0.0975. The minimum absolute atomic E-state index is 0.327. The van der Waals surface area contributed by atoms with Crippen LogP contribution in [0.4, 0.5) is 0 Å². The van der Waals surface area contributed by atoms with Crippen molar-refractivity contribution in [3.8, 4) is 17.6 Å². The lowest BCUT2D eigenvalue weighted by atomic mass is 9.97. The quantitative estimate of drug-likeness (QED) is 0.637. The van der Waals surface area contributed by atoms with Crippen LogP contribution in [0.3, 0.4) is 0 Å². The predicted molar refractivity (Wildman–Crippen MR) is 97.6 cm³/mol. The van der Waals surface area contributed by atoms with Crippen LogP contribution in [0, 0.1) is 11.3 Å². The van der Waals surface area contributed by atoms with Gasteiger partial charge in [0.15, 0.2) is 23.2 Å². The molecular weight excluding hydrogens is 330 g/mol. The van der Waals surface area contributed by atoms with Crippen molar-refractivity contribution in [3.05, 3.63) is 53.9 Å². The largest absolute Gasteiger partial charge is 0.493 e. The monoisotopic (exact) mass is 349 g/mol. The maximum absolute atomic E-state index is 13.0. The Morgan fingerprint density at radius 2 is 2.04 bits per heavy atom. The number of methoxy groups -OCH3 is 1. The zero-order chi connectivity index (χ0) is 18.7. The van der Waals surface area contributed by atoms with Crippen LogP contribution < -0.4 is 9.47 Å². The van der Waals surface area contributed by atoms with E-state index < -0.39 is 5.92 Å². The lowest BCUT2D eigenvalue weighted by Gasteiger charge is -2.12. The van der Waals surface area contributed by atoms with E-state index in [0.717, 1.165) is 11.0 Å². The molecule has 26 heavy (non-hydrogen) atoms. The summed E-state index contributed by atoms with van der Waals surface area (Å²) in [6, 6.07) is 14.5. The summed E-state index contributed by atoms with van der Waals surface area (Å²) in [7, 11) is 3.32. The highest BCUT2D eigenvalue weighted by Gasteiger charge is 2.27. The van der Waals surface area contributed by atoms with Gasteiger partial charge in [-0.2, -0.15) is 5.26 Å². The zero-order valence-corrected chi connectivity index (χ0v) is 14.9. The van der Waals surface area contributed by atoms with Crippen molar-refractivity contribution < 1.29 is 14.3 Å². The van der Waals surface area contributed by atoms with Gasteiger partial charge in [-0.1, -0.05) is 12.1 Å². The number of benzene rings is 2. The number of fused-ring (bicyclic) bond motifs is 1. The van der Waals surface area contributed by atoms with Crippen LogP contribution in [0.5, 0.6) is 11.5 Å². The molecule has 6 nitrogen and oxygen atoms in total. The number of Topliss-reactive ketones (excluding diaryl/α,β-unsaturated/α-hetero) is 1. The summed E-state index contributed by atoms with van der Waals surface area (Å²) in [5.41, 5.74) is 2.01. The van der Waals surface area contributed by atoms with Gasteiger partial charge in [0.25, 0.3) is 0 Å². The fourth-order valence-electron chi connectivity index (χ4n) is 2.92. The van der Waals surface area contributed by atoms with Crippen molar-refractivity contribution in [3.63, 3.8) is 0 Å². The number of hydrogen-bond donors (Lipinski definition) is 0. The molecule has 3 aromatic rings. The Hall–Kier alpha value is -3.33. The molecular formula is C20H19N3O3. The number of hydrogen-bond acceptors (Lipinski definition) is 5. The third kappa shape index (κ3) is 3.00. The molecule has 3 rings (SSSR count). The Bertz CT molecular complexity index is 1000. The first-order valence-corrected chi connectivity index (χ1v) is 8.26. The predicted octanol–water partition coefficient (Wildman–Crippen LogP) is 3.47. The van der Waals surface area contributed by atoms with Gasteiger partial charge in [0.05, 0.1) is 30.8 Å². The van der Waals surface area contributed by atoms with Crippen LogP contribution in [0.1, 0.15) is 29.0 Å². The molecule has 0 saturated carbocycles. The first-order chi connectivity index (χ1) is 12.6. The van der Waals surface area contributed by atoms with E-state index >= 15 is 0 Å². The molecule has 2 aromatic carbocycles. The number of carbonyl (C=O) groups is 1. The number of ketones is 1. The molecule has 1 aromatic heterocycles. The Labute approximate surface area is 151 Å². The van der Waals surface area contributed by atoms with Gasteiger partial charge in [-0.15, -0.1) is 0 Å². The molecule has 1 atom stereocenters. The fraction of sp³-hybridized carbons (Fsp3) is 0.250. The van der Waals surface area contributed by atoms with Crippen LogP contribution >= 0.6 is 0 Å². The van der Waals surface area contributed by atoms with Gasteiger partial charge in [0.1, 0.15) is 5.82 Å².